The summed E-state index contributed by atoms with van der Waals surface area (Å²) in [5.41, 5.74) is 0.906. The first-order chi connectivity index (χ1) is 10.9. The number of carbonyl (C=O) groups is 2. The van der Waals surface area contributed by atoms with Crippen LogP contribution in [-0.2, 0) is 0 Å². The number of aromatic nitrogens is 2. The standard InChI is InChI=1S/C17H24N4O2/c1-5-12(4)19-16(22)14-13-8-6-7-9-21(13)15(20-14)17(23)18-10-11(2)3/h6-9,11-12H,5,10H2,1-4H3,(H,18,23)(H,19,22). The molecule has 1 atom stereocenters. The molecule has 2 rings (SSSR count). The van der Waals surface area contributed by atoms with Crippen molar-refractivity contribution in [1.29, 1.82) is 0 Å². The highest BCUT2D eigenvalue weighted by atomic mass is 16.2. The van der Waals surface area contributed by atoms with Gasteiger partial charge in [-0.15, -0.1) is 0 Å². The van der Waals surface area contributed by atoms with Crippen LogP contribution >= 0.6 is 0 Å². The molecule has 0 saturated heterocycles. The molecule has 0 saturated carbocycles. The summed E-state index contributed by atoms with van der Waals surface area (Å²) in [6, 6.07) is 5.48. The number of imidazole rings is 1. The van der Waals surface area contributed by atoms with Crippen LogP contribution in [0.2, 0.25) is 0 Å². The van der Waals surface area contributed by atoms with E-state index < -0.39 is 0 Å². The van der Waals surface area contributed by atoms with Crippen molar-refractivity contribution in [1.82, 2.24) is 20.0 Å². The molecule has 0 aromatic carbocycles. The van der Waals surface area contributed by atoms with Gasteiger partial charge in [0.15, 0.2) is 5.69 Å². The van der Waals surface area contributed by atoms with Crippen LogP contribution in [0.3, 0.4) is 0 Å². The molecule has 0 aliphatic rings. The molecule has 6 nitrogen and oxygen atoms in total. The molecule has 0 fully saturated rings. The predicted octanol–water partition coefficient (Wildman–Crippen LogP) is 2.25. The highest BCUT2D eigenvalue weighted by Crippen LogP contribution is 2.14. The van der Waals surface area contributed by atoms with Crippen molar-refractivity contribution in [3.05, 3.63) is 35.9 Å². The highest BCUT2D eigenvalue weighted by Gasteiger charge is 2.21. The monoisotopic (exact) mass is 316 g/mol. The van der Waals surface area contributed by atoms with Gasteiger partial charge >= 0.3 is 0 Å². The van der Waals surface area contributed by atoms with Gasteiger partial charge in [0.2, 0.25) is 5.82 Å². The fraction of sp³-hybridized carbons (Fsp3) is 0.471. The lowest BCUT2D eigenvalue weighted by Crippen LogP contribution is -2.32. The third kappa shape index (κ3) is 3.88. The van der Waals surface area contributed by atoms with E-state index in [1.807, 2.05) is 39.8 Å². The maximum Gasteiger partial charge on any atom is 0.287 e. The molecule has 0 bridgehead atoms. The lowest BCUT2D eigenvalue weighted by Gasteiger charge is -2.09. The zero-order valence-electron chi connectivity index (χ0n) is 14.1. The quantitative estimate of drug-likeness (QED) is 0.858. The Morgan fingerprint density at radius 2 is 1.96 bits per heavy atom. The normalized spacial score (nSPS) is 12.4. The van der Waals surface area contributed by atoms with Crippen LogP contribution in [-0.4, -0.2) is 33.8 Å². The van der Waals surface area contributed by atoms with E-state index in [1.54, 1.807) is 16.7 Å². The van der Waals surface area contributed by atoms with Crippen LogP contribution in [0.1, 0.15) is 55.2 Å². The van der Waals surface area contributed by atoms with Crippen LogP contribution in [0.4, 0.5) is 0 Å². The Balaban J connectivity index is 2.36. The van der Waals surface area contributed by atoms with Crippen LogP contribution in [0.15, 0.2) is 24.4 Å². The molecule has 2 aromatic rings. The van der Waals surface area contributed by atoms with Crippen molar-refractivity contribution in [3.8, 4) is 0 Å². The zero-order chi connectivity index (χ0) is 17.0. The number of pyridine rings is 1. The lowest BCUT2D eigenvalue weighted by molar-refractivity contribution is 0.0936. The first-order valence-corrected chi connectivity index (χ1v) is 8.00. The second-order valence-corrected chi connectivity index (χ2v) is 6.13. The Morgan fingerprint density at radius 1 is 1.22 bits per heavy atom. The summed E-state index contributed by atoms with van der Waals surface area (Å²) in [6.45, 7) is 8.55. The van der Waals surface area contributed by atoms with Gasteiger partial charge in [-0.3, -0.25) is 14.0 Å². The fourth-order valence-electron chi connectivity index (χ4n) is 2.14. The number of amides is 2. The Bertz CT molecular complexity index is 706. The van der Waals surface area contributed by atoms with Crippen LogP contribution in [0.25, 0.3) is 5.52 Å². The number of nitrogens with one attached hydrogen (secondary N) is 2. The van der Waals surface area contributed by atoms with Gasteiger partial charge in [-0.05, 0) is 31.4 Å². The Morgan fingerprint density at radius 3 is 2.61 bits per heavy atom. The van der Waals surface area contributed by atoms with E-state index in [2.05, 4.69) is 15.6 Å². The topological polar surface area (TPSA) is 75.5 Å². The minimum Gasteiger partial charge on any atom is -0.349 e. The number of carbonyl (C=O) groups excluding carboxylic acids is 2. The number of hydrogen-bond donors (Lipinski definition) is 2. The van der Waals surface area contributed by atoms with Crippen molar-refractivity contribution in [3.63, 3.8) is 0 Å². The number of nitrogens with zero attached hydrogens (tertiary/aromatic N) is 2. The lowest BCUT2D eigenvalue weighted by atomic mass is 10.2. The van der Waals surface area contributed by atoms with Gasteiger partial charge < -0.3 is 10.6 Å². The maximum absolute atomic E-state index is 12.4. The van der Waals surface area contributed by atoms with Gasteiger partial charge in [-0.25, -0.2) is 4.98 Å². The second-order valence-electron chi connectivity index (χ2n) is 6.13. The van der Waals surface area contributed by atoms with Crippen molar-refractivity contribution in [2.45, 2.75) is 40.2 Å². The number of hydrogen-bond acceptors (Lipinski definition) is 3. The first kappa shape index (κ1) is 17.0. The van der Waals surface area contributed by atoms with Crippen molar-refractivity contribution in [2.24, 2.45) is 5.92 Å². The van der Waals surface area contributed by atoms with E-state index in [-0.39, 0.29) is 29.4 Å². The summed E-state index contributed by atoms with van der Waals surface area (Å²) in [6.07, 6.45) is 2.58. The van der Waals surface area contributed by atoms with Crippen LogP contribution < -0.4 is 10.6 Å². The summed E-state index contributed by atoms with van der Waals surface area (Å²) in [4.78, 5) is 29.1. The smallest absolute Gasteiger partial charge is 0.287 e. The van der Waals surface area contributed by atoms with E-state index in [0.29, 0.717) is 18.0 Å². The van der Waals surface area contributed by atoms with Crippen LogP contribution in [0, 0.1) is 5.92 Å². The van der Waals surface area contributed by atoms with E-state index in [9.17, 15) is 9.59 Å². The third-order valence-electron chi connectivity index (χ3n) is 3.63. The summed E-state index contributed by atoms with van der Waals surface area (Å²) in [5, 5.41) is 5.73. The summed E-state index contributed by atoms with van der Waals surface area (Å²) < 4.78 is 1.65. The minimum atomic E-state index is -0.275. The largest absolute Gasteiger partial charge is 0.349 e. The van der Waals surface area contributed by atoms with Crippen LogP contribution in [0.5, 0.6) is 0 Å². The average Bonchev–Trinajstić information content (AvgIpc) is 2.92. The molecule has 2 aromatic heterocycles. The summed E-state index contributed by atoms with van der Waals surface area (Å²) >= 11 is 0. The SMILES string of the molecule is CCC(C)NC(=O)c1nc(C(=O)NCC(C)C)n2ccccc12. The van der Waals surface area contributed by atoms with E-state index in [1.165, 1.54) is 0 Å². The van der Waals surface area contributed by atoms with Gasteiger partial charge in [0, 0.05) is 18.8 Å². The van der Waals surface area contributed by atoms with E-state index in [4.69, 9.17) is 0 Å². The van der Waals surface area contributed by atoms with Gasteiger partial charge in [-0.2, -0.15) is 0 Å². The van der Waals surface area contributed by atoms with Gasteiger partial charge in [0.05, 0.1) is 5.52 Å². The molecule has 2 heterocycles. The molecule has 0 aliphatic carbocycles. The van der Waals surface area contributed by atoms with Gasteiger partial charge in [-0.1, -0.05) is 26.8 Å². The first-order valence-electron chi connectivity index (χ1n) is 8.00. The molecular weight excluding hydrogens is 292 g/mol. The number of rotatable bonds is 6. The van der Waals surface area contributed by atoms with Gasteiger partial charge in [0.25, 0.3) is 11.8 Å². The van der Waals surface area contributed by atoms with E-state index >= 15 is 0 Å². The summed E-state index contributed by atoms with van der Waals surface area (Å²) in [5.74, 6) is 0.0438. The van der Waals surface area contributed by atoms with E-state index in [0.717, 1.165) is 6.42 Å². The Hall–Kier alpha value is -2.37. The molecule has 0 spiro atoms. The molecule has 6 heteroatoms. The predicted molar refractivity (Wildman–Crippen MR) is 89.6 cm³/mol. The fourth-order valence-corrected chi connectivity index (χ4v) is 2.14. The van der Waals surface area contributed by atoms with Crippen molar-refractivity contribution in [2.75, 3.05) is 6.54 Å². The second kappa shape index (κ2) is 7.26. The maximum atomic E-state index is 12.4. The molecule has 124 valence electrons. The Kier molecular flexibility index (Phi) is 5.36. The molecule has 0 aliphatic heterocycles. The molecule has 1 unspecified atom stereocenters. The highest BCUT2D eigenvalue weighted by molar-refractivity contribution is 6.02. The molecule has 2 N–H and O–H groups in total. The minimum absolute atomic E-state index is 0.0566. The van der Waals surface area contributed by atoms with Crippen molar-refractivity contribution >= 4 is 17.3 Å². The molecular formula is C17H24N4O2. The Labute approximate surface area is 136 Å². The third-order valence-corrected chi connectivity index (χ3v) is 3.63. The molecule has 0 radical (unpaired) electrons. The summed E-state index contributed by atoms with van der Waals surface area (Å²) in [7, 11) is 0. The zero-order valence-corrected chi connectivity index (χ0v) is 14.1. The van der Waals surface area contributed by atoms with Gasteiger partial charge in [0.1, 0.15) is 0 Å². The number of fused-ring (bicyclic) bond motifs is 1. The average molecular weight is 316 g/mol. The molecule has 2 amide bonds. The molecule has 23 heavy (non-hydrogen) atoms. The van der Waals surface area contributed by atoms with Crippen molar-refractivity contribution < 1.29 is 9.59 Å².